The van der Waals surface area contributed by atoms with Crippen molar-refractivity contribution >= 4 is 45.3 Å². The minimum atomic E-state index is -1.41. The van der Waals surface area contributed by atoms with Gasteiger partial charge in [0.2, 0.25) is 18.1 Å². The van der Waals surface area contributed by atoms with E-state index in [4.69, 9.17) is 33.2 Å². The number of hydrogen-bond acceptors (Lipinski definition) is 21. The van der Waals surface area contributed by atoms with Crippen LogP contribution in [0.5, 0.6) is 11.5 Å². The van der Waals surface area contributed by atoms with Crippen molar-refractivity contribution in [2.45, 2.75) is 134 Å². The molecular formula is C64H87N5O16S2. The van der Waals surface area contributed by atoms with Gasteiger partial charge in [-0.15, -0.1) is 0 Å². The molecule has 6 rings (SSSR count). The van der Waals surface area contributed by atoms with Gasteiger partial charge in [-0.25, -0.2) is 4.79 Å². The first kappa shape index (κ1) is 70.3. The second-order valence-corrected chi connectivity index (χ2v) is 24.2. The SMILES string of the molecule is CCC=CCC=CCC=CCC=CC=CCCCC(=O)OCC(C)(C)C(OC1OC1c1ccccc1OC(=O)c1ccccc1OC(O)c1cccnc1)C(=O)NCCC(=O)NCCSSCCNC1OC1COCCN1CC(O)C(O)C(O)C1CO. The molecule has 21 nitrogen and oxygen atoms in total. The average molecular weight is 1250 g/mol. The highest BCUT2D eigenvalue weighted by molar-refractivity contribution is 8.76. The Morgan fingerprint density at radius 3 is 2.29 bits per heavy atom. The smallest absolute Gasteiger partial charge is 0.347 e. The molecule has 0 saturated carbocycles. The summed E-state index contributed by atoms with van der Waals surface area (Å²) in [5.41, 5.74) is -0.183. The van der Waals surface area contributed by atoms with E-state index in [1.165, 1.54) is 18.3 Å². The number of allylic oxidation sites excluding steroid dienone is 10. The number of hydrogen-bond donors (Lipinski definition) is 8. The molecule has 10 atom stereocenters. The summed E-state index contributed by atoms with van der Waals surface area (Å²) < 4.78 is 41.2. The van der Waals surface area contributed by atoms with Gasteiger partial charge in [0.15, 0.2) is 6.29 Å². The first-order valence-corrected chi connectivity index (χ1v) is 32.2. The molecule has 3 aliphatic rings. The number of piperidine rings is 1. The van der Waals surface area contributed by atoms with Crippen LogP contribution >= 0.6 is 21.6 Å². The lowest BCUT2D eigenvalue weighted by Gasteiger charge is -2.43. The summed E-state index contributed by atoms with van der Waals surface area (Å²) >= 11 is 0. The van der Waals surface area contributed by atoms with Crippen molar-refractivity contribution in [3.05, 3.63) is 151 Å². The molecule has 3 aliphatic heterocycles. The van der Waals surface area contributed by atoms with Crippen molar-refractivity contribution in [3.63, 3.8) is 0 Å². The van der Waals surface area contributed by atoms with Crippen LogP contribution in [-0.4, -0.2) is 179 Å². The van der Waals surface area contributed by atoms with Crippen LogP contribution in [-0.2, 0) is 38.1 Å². The number of nitrogens with zero attached hydrogens (tertiary/aromatic N) is 2. The molecule has 2 aromatic carbocycles. The topological polar surface area (TPSA) is 293 Å². The van der Waals surface area contributed by atoms with Gasteiger partial charge in [-0.3, -0.25) is 29.6 Å². The Labute approximate surface area is 518 Å². The number of amides is 2. The minimum Gasteiger partial charge on any atom is -0.465 e. The molecule has 23 heteroatoms. The molecule has 0 spiro atoms. The number of aliphatic hydroxyl groups excluding tert-OH is 5. The molecule has 3 aromatic rings. The van der Waals surface area contributed by atoms with Crippen LogP contribution in [0, 0.1) is 5.41 Å². The predicted octanol–water partition coefficient (Wildman–Crippen LogP) is 6.35. The molecule has 87 heavy (non-hydrogen) atoms. The second kappa shape index (κ2) is 38.6. The van der Waals surface area contributed by atoms with Gasteiger partial charge in [0, 0.05) is 86.0 Å². The molecule has 476 valence electrons. The number of likely N-dealkylation sites (tertiary alicyclic amines) is 1. The first-order chi connectivity index (χ1) is 42.2. The summed E-state index contributed by atoms with van der Waals surface area (Å²) in [6.07, 6.45) is 20.8. The number of benzene rings is 2. The third kappa shape index (κ3) is 25.0. The van der Waals surface area contributed by atoms with Gasteiger partial charge in [-0.05, 0) is 68.9 Å². The fraction of sp³-hybridized carbons (Fsp3) is 0.516. The zero-order valence-electron chi connectivity index (χ0n) is 49.8. The lowest BCUT2D eigenvalue weighted by Crippen LogP contribution is -2.62. The Hall–Kier alpha value is -5.77. The number of para-hydroxylation sites is 2. The van der Waals surface area contributed by atoms with E-state index < -0.39 is 72.4 Å². The van der Waals surface area contributed by atoms with Crippen molar-refractivity contribution < 1.29 is 77.9 Å². The number of epoxide rings is 2. The molecule has 0 radical (unpaired) electrons. The first-order valence-electron chi connectivity index (χ1n) is 29.7. The number of carbonyl (C=O) groups is 4. The van der Waals surface area contributed by atoms with E-state index in [0.717, 1.165) is 31.4 Å². The van der Waals surface area contributed by atoms with E-state index in [-0.39, 0.29) is 74.4 Å². The third-order valence-corrected chi connectivity index (χ3v) is 16.5. The summed E-state index contributed by atoms with van der Waals surface area (Å²) in [5, 5.41) is 59.5. The number of rotatable bonds is 41. The minimum absolute atomic E-state index is 0.00223. The molecule has 0 bridgehead atoms. The number of esters is 2. The largest absolute Gasteiger partial charge is 0.465 e. The fourth-order valence-electron chi connectivity index (χ4n) is 9.10. The normalized spacial score (nSPS) is 22.1. The van der Waals surface area contributed by atoms with E-state index in [2.05, 4.69) is 70.4 Å². The van der Waals surface area contributed by atoms with Gasteiger partial charge in [-0.2, -0.15) is 0 Å². The Bertz CT molecular complexity index is 2720. The molecule has 2 amide bonds. The maximum Gasteiger partial charge on any atom is 0.347 e. The molecule has 1 aromatic heterocycles. The van der Waals surface area contributed by atoms with Gasteiger partial charge >= 0.3 is 11.9 Å². The van der Waals surface area contributed by atoms with Crippen LogP contribution < -0.4 is 25.4 Å². The summed E-state index contributed by atoms with van der Waals surface area (Å²) in [6, 6.07) is 15.7. The highest BCUT2D eigenvalue weighted by atomic mass is 33.1. The van der Waals surface area contributed by atoms with E-state index in [1.807, 2.05) is 18.2 Å². The molecule has 3 saturated heterocycles. The van der Waals surface area contributed by atoms with Crippen LogP contribution in [0.15, 0.2) is 134 Å². The number of carbonyl (C=O) groups excluding carboxylic acids is 4. The molecule has 10 unspecified atom stereocenters. The highest BCUT2D eigenvalue weighted by Gasteiger charge is 2.50. The van der Waals surface area contributed by atoms with E-state index in [1.54, 1.807) is 95.1 Å². The zero-order valence-corrected chi connectivity index (χ0v) is 51.5. The molecule has 0 aliphatic carbocycles. The Morgan fingerprint density at radius 1 is 0.828 bits per heavy atom. The van der Waals surface area contributed by atoms with Crippen molar-refractivity contribution in [1.29, 1.82) is 0 Å². The fourth-order valence-corrected chi connectivity index (χ4v) is 10.9. The lowest BCUT2D eigenvalue weighted by molar-refractivity contribution is -0.161. The van der Waals surface area contributed by atoms with Crippen LogP contribution in [0.2, 0.25) is 0 Å². The van der Waals surface area contributed by atoms with E-state index >= 15 is 0 Å². The predicted molar refractivity (Wildman–Crippen MR) is 332 cm³/mol. The number of ether oxygens (including phenoxy) is 7. The van der Waals surface area contributed by atoms with Crippen molar-refractivity contribution in [2.75, 3.05) is 70.7 Å². The standard InChI is InChI=1S/C64H87N5O16S2/c1-4-5-6-7-8-9-10-11-12-13-14-15-16-17-18-19-30-54(73)80-44-64(2,3)58(85-63-57(84-63)46-26-20-22-28-50(46)83-62(78)47-27-21-23-29-51(47)82-61(77)45-25-24-32-65-40-45)59(76)67-33-31-53(72)66-34-38-86-87-39-35-68-60-52(81-60)43-79-37-36-69-41-49(71)56(75)55(74)48(69)42-70/h5-6,8-9,11-12,14-17,20-29,32,40,48-49,52,55-58,60-61,63,68,70-71,74-75,77H,4,7,10,13,18-19,30-31,33-39,41-44H2,1-3H3,(H,66,72)(H,67,76). The van der Waals surface area contributed by atoms with Crippen LogP contribution in [0.3, 0.4) is 0 Å². The maximum absolute atomic E-state index is 14.1. The quantitative estimate of drug-likeness (QED) is 0.00449. The summed E-state index contributed by atoms with van der Waals surface area (Å²) in [7, 11) is 3.26. The lowest BCUT2D eigenvalue weighted by atomic mass is 9.86. The number of pyridine rings is 1. The molecule has 8 N–H and O–H groups in total. The van der Waals surface area contributed by atoms with Crippen molar-refractivity contribution in [3.8, 4) is 11.5 Å². The monoisotopic (exact) mass is 1250 g/mol. The summed E-state index contributed by atoms with van der Waals surface area (Å²) in [6.45, 7) is 7.33. The van der Waals surface area contributed by atoms with Gasteiger partial charge < -0.3 is 69.3 Å². The number of nitrogens with one attached hydrogen (secondary N) is 3. The van der Waals surface area contributed by atoms with Gasteiger partial charge in [-0.1, -0.05) is 133 Å². The van der Waals surface area contributed by atoms with Gasteiger partial charge in [0.25, 0.3) is 0 Å². The van der Waals surface area contributed by atoms with E-state index in [0.29, 0.717) is 62.6 Å². The van der Waals surface area contributed by atoms with Gasteiger partial charge in [0.05, 0.1) is 38.6 Å². The number of aromatic nitrogens is 1. The third-order valence-electron chi connectivity index (χ3n) is 14.1. The van der Waals surface area contributed by atoms with Crippen LogP contribution in [0.4, 0.5) is 0 Å². The van der Waals surface area contributed by atoms with E-state index in [9.17, 15) is 44.7 Å². The van der Waals surface area contributed by atoms with Crippen molar-refractivity contribution in [1.82, 2.24) is 25.8 Å². The van der Waals surface area contributed by atoms with Crippen LogP contribution in [0.25, 0.3) is 0 Å². The van der Waals surface area contributed by atoms with Gasteiger partial charge in [0.1, 0.15) is 53.8 Å². The number of unbranched alkanes of at least 4 members (excludes halogenated alkanes) is 1. The summed E-state index contributed by atoms with van der Waals surface area (Å²) in [4.78, 5) is 59.5. The summed E-state index contributed by atoms with van der Waals surface area (Å²) in [5.74, 6) is -0.306. The van der Waals surface area contributed by atoms with Crippen LogP contribution in [0.1, 0.15) is 106 Å². The molecule has 3 fully saturated rings. The highest BCUT2D eigenvalue weighted by Crippen LogP contribution is 2.46. The Morgan fingerprint density at radius 2 is 1.54 bits per heavy atom. The molecular weight excluding hydrogens is 1160 g/mol. The number of aliphatic hydroxyl groups is 5. The molecule has 4 heterocycles. The zero-order chi connectivity index (χ0) is 62.2. The van der Waals surface area contributed by atoms with Crippen molar-refractivity contribution in [2.24, 2.45) is 5.41 Å². The average Bonchev–Trinajstić information content (AvgIpc) is 2.10. The Balaban J connectivity index is 0.924. The maximum atomic E-state index is 14.1. The number of β-amino-alcohol motifs (C(OH)–C–C–N with tert-alkyl or cyclic N) is 1. The Kier molecular flexibility index (Phi) is 31.2. The second-order valence-electron chi connectivity index (χ2n) is 21.5.